The summed E-state index contributed by atoms with van der Waals surface area (Å²) in [4.78, 5) is 0. The normalized spacial score (nSPS) is 12.5. The molecule has 0 saturated carbocycles. The molecule has 0 saturated heterocycles. The molecule has 1 aromatic carbocycles. The molecule has 0 heterocycles. The first-order valence-electron chi connectivity index (χ1n) is 7.11. The molecular weight excluding hydrogens is 328 g/mol. The van der Waals surface area contributed by atoms with Crippen molar-refractivity contribution in [3.05, 3.63) is 34.9 Å². The smallest absolute Gasteiger partial charge is 0.264 e. The van der Waals surface area contributed by atoms with Crippen LogP contribution in [-0.4, -0.2) is 37.4 Å². The van der Waals surface area contributed by atoms with Crippen molar-refractivity contribution in [2.24, 2.45) is 0 Å². The van der Waals surface area contributed by atoms with Crippen molar-refractivity contribution in [1.82, 2.24) is 0 Å². The molecule has 2 N–H and O–H groups in total. The van der Waals surface area contributed by atoms with Gasteiger partial charge < -0.3 is 0 Å². The van der Waals surface area contributed by atoms with Gasteiger partial charge in [0.2, 0.25) is 0 Å². The van der Waals surface area contributed by atoms with Gasteiger partial charge in [-0.1, -0.05) is 25.1 Å². The molecule has 0 amide bonds. The highest BCUT2D eigenvalue weighted by Gasteiger charge is 2.08. The second-order valence-corrected chi connectivity index (χ2v) is 8.43. The third kappa shape index (κ3) is 8.47. The van der Waals surface area contributed by atoms with Crippen molar-refractivity contribution >= 4 is 20.2 Å². The molecule has 0 aliphatic rings. The van der Waals surface area contributed by atoms with Gasteiger partial charge in [-0.3, -0.25) is 9.11 Å². The van der Waals surface area contributed by atoms with Crippen LogP contribution >= 0.6 is 0 Å². The van der Waals surface area contributed by atoms with Crippen LogP contribution in [0.1, 0.15) is 36.5 Å². The Morgan fingerprint density at radius 3 is 1.45 bits per heavy atom. The Balaban J connectivity index is 2.71. The van der Waals surface area contributed by atoms with E-state index in [1.807, 2.05) is 25.1 Å². The average molecular weight is 350 g/mol. The van der Waals surface area contributed by atoms with Crippen LogP contribution < -0.4 is 0 Å². The zero-order valence-electron chi connectivity index (χ0n) is 12.5. The first-order valence-corrected chi connectivity index (χ1v) is 10.3. The van der Waals surface area contributed by atoms with Crippen LogP contribution in [0.3, 0.4) is 0 Å². The molecule has 0 aromatic heterocycles. The van der Waals surface area contributed by atoms with E-state index in [1.54, 1.807) is 0 Å². The van der Waals surface area contributed by atoms with Gasteiger partial charge in [0, 0.05) is 0 Å². The van der Waals surface area contributed by atoms with Gasteiger partial charge in [0.25, 0.3) is 20.2 Å². The molecule has 0 spiro atoms. The van der Waals surface area contributed by atoms with Crippen LogP contribution in [0, 0.1) is 0 Å². The maximum absolute atomic E-state index is 10.7. The quantitative estimate of drug-likeness (QED) is 0.658. The lowest BCUT2D eigenvalue weighted by atomic mass is 9.99. The Hall–Kier alpha value is -0.960. The van der Waals surface area contributed by atoms with Crippen molar-refractivity contribution in [2.75, 3.05) is 11.5 Å². The van der Waals surface area contributed by atoms with Gasteiger partial charge in [-0.25, -0.2) is 0 Å². The van der Waals surface area contributed by atoms with Crippen molar-refractivity contribution in [1.29, 1.82) is 0 Å². The summed E-state index contributed by atoms with van der Waals surface area (Å²) in [5.41, 5.74) is 3.01. The van der Waals surface area contributed by atoms with Crippen molar-refractivity contribution in [3.8, 4) is 0 Å². The number of benzene rings is 1. The van der Waals surface area contributed by atoms with Crippen LogP contribution in [0.5, 0.6) is 0 Å². The van der Waals surface area contributed by atoms with Gasteiger partial charge in [-0.2, -0.15) is 16.8 Å². The molecule has 1 rings (SSSR count). The summed E-state index contributed by atoms with van der Waals surface area (Å²) in [7, 11) is -7.89. The van der Waals surface area contributed by atoms with Gasteiger partial charge in [-0.15, -0.1) is 0 Å². The van der Waals surface area contributed by atoms with Crippen molar-refractivity contribution < 1.29 is 25.9 Å². The van der Waals surface area contributed by atoms with E-state index < -0.39 is 20.2 Å². The molecule has 0 fully saturated rings. The second kappa shape index (κ2) is 8.05. The monoisotopic (exact) mass is 350 g/mol. The number of hydrogen-bond acceptors (Lipinski definition) is 4. The van der Waals surface area contributed by atoms with E-state index in [9.17, 15) is 16.8 Å². The average Bonchev–Trinajstić information content (AvgIpc) is 2.35. The van der Waals surface area contributed by atoms with E-state index in [0.29, 0.717) is 25.7 Å². The van der Waals surface area contributed by atoms with Crippen molar-refractivity contribution in [2.45, 2.75) is 39.0 Å². The van der Waals surface area contributed by atoms with Crippen LogP contribution in [0.2, 0.25) is 0 Å². The van der Waals surface area contributed by atoms with E-state index in [2.05, 4.69) is 0 Å². The molecule has 0 bridgehead atoms. The Kier molecular flexibility index (Phi) is 6.98. The molecule has 8 heteroatoms. The molecule has 0 atom stereocenters. The molecular formula is C14H22O6S2. The lowest BCUT2D eigenvalue weighted by Gasteiger charge is -2.09. The summed E-state index contributed by atoms with van der Waals surface area (Å²) in [6.07, 6.45) is 2.53. The second-order valence-electron chi connectivity index (χ2n) is 5.29. The minimum atomic E-state index is -3.95. The lowest BCUT2D eigenvalue weighted by Crippen LogP contribution is -2.06. The Labute approximate surface area is 132 Å². The highest BCUT2D eigenvalue weighted by atomic mass is 32.2. The SMILES string of the molecule is CCc1cc(CCCS(=O)(=O)O)cc(CCCS(=O)(=O)O)c1. The summed E-state index contributed by atoms with van der Waals surface area (Å²) in [5, 5.41) is 0. The highest BCUT2D eigenvalue weighted by molar-refractivity contribution is 7.86. The summed E-state index contributed by atoms with van der Waals surface area (Å²) >= 11 is 0. The fraction of sp³-hybridized carbons (Fsp3) is 0.571. The number of hydrogen-bond donors (Lipinski definition) is 2. The van der Waals surface area contributed by atoms with Crippen LogP contribution in [0.25, 0.3) is 0 Å². The fourth-order valence-electron chi connectivity index (χ4n) is 2.25. The highest BCUT2D eigenvalue weighted by Crippen LogP contribution is 2.15. The number of aryl methyl sites for hydroxylation is 3. The Morgan fingerprint density at radius 2 is 1.14 bits per heavy atom. The van der Waals surface area contributed by atoms with Gasteiger partial charge >= 0.3 is 0 Å². The summed E-state index contributed by atoms with van der Waals surface area (Å²) in [5.74, 6) is -0.553. The lowest BCUT2D eigenvalue weighted by molar-refractivity contribution is 0.479. The Bertz CT molecular complexity index is 636. The summed E-state index contributed by atoms with van der Waals surface area (Å²) in [6.45, 7) is 2.00. The van der Waals surface area contributed by atoms with E-state index in [1.165, 1.54) is 0 Å². The molecule has 6 nitrogen and oxygen atoms in total. The molecule has 0 radical (unpaired) electrons. The molecule has 0 unspecified atom stereocenters. The predicted octanol–water partition coefficient (Wildman–Crippen LogP) is 1.89. The largest absolute Gasteiger partial charge is 0.286 e. The standard InChI is InChI=1S/C14H22O6S2/c1-2-12-9-13(5-3-7-21(15,16)17)11-14(10-12)6-4-8-22(18,19)20/h9-11H,2-8H2,1H3,(H,15,16,17)(H,18,19,20). The van der Waals surface area contributed by atoms with Gasteiger partial charge in [0.05, 0.1) is 11.5 Å². The molecule has 22 heavy (non-hydrogen) atoms. The van der Waals surface area contributed by atoms with Crippen molar-refractivity contribution in [3.63, 3.8) is 0 Å². The van der Waals surface area contributed by atoms with E-state index >= 15 is 0 Å². The van der Waals surface area contributed by atoms with E-state index in [4.69, 9.17) is 9.11 Å². The Morgan fingerprint density at radius 1 is 0.773 bits per heavy atom. The van der Waals surface area contributed by atoms with E-state index in [-0.39, 0.29) is 11.5 Å². The van der Waals surface area contributed by atoms with Crippen LogP contribution in [0.15, 0.2) is 18.2 Å². The zero-order valence-corrected chi connectivity index (χ0v) is 14.2. The maximum atomic E-state index is 10.7. The number of rotatable bonds is 9. The van der Waals surface area contributed by atoms with Crippen LogP contribution in [-0.2, 0) is 39.5 Å². The molecule has 0 aliphatic carbocycles. The molecule has 1 aromatic rings. The zero-order chi connectivity index (χ0) is 16.8. The maximum Gasteiger partial charge on any atom is 0.264 e. The van der Waals surface area contributed by atoms with Crippen LogP contribution in [0.4, 0.5) is 0 Å². The fourth-order valence-corrected chi connectivity index (χ4v) is 3.27. The third-order valence-corrected chi connectivity index (χ3v) is 4.87. The summed E-state index contributed by atoms with van der Waals surface area (Å²) in [6, 6.07) is 5.87. The van der Waals surface area contributed by atoms with E-state index in [0.717, 1.165) is 23.1 Å². The molecule has 126 valence electrons. The van der Waals surface area contributed by atoms with Gasteiger partial charge in [0.15, 0.2) is 0 Å². The predicted molar refractivity (Wildman–Crippen MR) is 85.3 cm³/mol. The van der Waals surface area contributed by atoms with Gasteiger partial charge in [0.1, 0.15) is 0 Å². The first kappa shape index (κ1) is 19.1. The first-order chi connectivity index (χ1) is 10.1. The minimum absolute atomic E-state index is 0.276. The third-order valence-electron chi connectivity index (χ3n) is 3.26. The summed E-state index contributed by atoms with van der Waals surface area (Å²) < 4.78 is 60.4. The minimum Gasteiger partial charge on any atom is -0.286 e. The van der Waals surface area contributed by atoms with Gasteiger partial charge in [-0.05, 0) is 48.8 Å². The topological polar surface area (TPSA) is 109 Å². The molecule has 0 aliphatic heterocycles.